The van der Waals surface area contributed by atoms with Crippen LogP contribution in [0.5, 0.6) is 0 Å². The van der Waals surface area contributed by atoms with E-state index >= 15 is 0 Å². The minimum Gasteiger partial charge on any atom is -0.390 e. The molecule has 1 aliphatic rings. The standard InChI is InChI=1S/C20H20FN3OS/c21-16-3-7-18(8-4-16)24-20(14-25)19(13-22-24)15-1-5-17(6-2-15)23-9-11-26-12-10-23/h1-8,13,25H,9-12,14H2. The lowest BCUT2D eigenvalue weighted by Gasteiger charge is -2.28. The van der Waals surface area contributed by atoms with Crippen molar-refractivity contribution in [3.8, 4) is 16.8 Å². The van der Waals surface area contributed by atoms with Crippen molar-refractivity contribution in [2.24, 2.45) is 0 Å². The van der Waals surface area contributed by atoms with E-state index in [1.54, 1.807) is 23.0 Å². The third-order valence-electron chi connectivity index (χ3n) is 4.64. The molecule has 0 aliphatic carbocycles. The number of rotatable bonds is 4. The Bertz CT molecular complexity index is 871. The van der Waals surface area contributed by atoms with Gasteiger partial charge < -0.3 is 10.0 Å². The molecule has 1 fully saturated rings. The largest absolute Gasteiger partial charge is 0.390 e. The maximum Gasteiger partial charge on any atom is 0.123 e. The summed E-state index contributed by atoms with van der Waals surface area (Å²) in [7, 11) is 0. The second-order valence-corrected chi connectivity index (χ2v) is 7.42. The van der Waals surface area contributed by atoms with Crippen LogP contribution in [0.1, 0.15) is 5.69 Å². The van der Waals surface area contributed by atoms with Crippen LogP contribution in [0.2, 0.25) is 0 Å². The van der Waals surface area contributed by atoms with Crippen molar-refractivity contribution in [2.45, 2.75) is 6.61 Å². The van der Waals surface area contributed by atoms with Crippen molar-refractivity contribution in [1.82, 2.24) is 9.78 Å². The Balaban J connectivity index is 1.64. The highest BCUT2D eigenvalue weighted by atomic mass is 32.2. The van der Waals surface area contributed by atoms with Crippen LogP contribution in [-0.4, -0.2) is 39.5 Å². The summed E-state index contributed by atoms with van der Waals surface area (Å²) in [5, 5.41) is 14.3. The van der Waals surface area contributed by atoms with Crippen LogP contribution in [-0.2, 0) is 6.61 Å². The molecule has 26 heavy (non-hydrogen) atoms. The van der Waals surface area contributed by atoms with Gasteiger partial charge in [-0.15, -0.1) is 0 Å². The molecule has 2 heterocycles. The monoisotopic (exact) mass is 369 g/mol. The van der Waals surface area contributed by atoms with E-state index in [1.807, 2.05) is 11.8 Å². The highest BCUT2D eigenvalue weighted by Crippen LogP contribution is 2.28. The fraction of sp³-hybridized carbons (Fsp3) is 0.250. The molecule has 0 atom stereocenters. The first-order valence-corrected chi connectivity index (χ1v) is 9.78. The smallest absolute Gasteiger partial charge is 0.123 e. The molecule has 0 radical (unpaired) electrons. The molecule has 2 aromatic carbocycles. The molecule has 6 heteroatoms. The highest BCUT2D eigenvalue weighted by Gasteiger charge is 2.15. The lowest BCUT2D eigenvalue weighted by Crippen LogP contribution is -2.32. The van der Waals surface area contributed by atoms with E-state index < -0.39 is 0 Å². The predicted octanol–water partition coefficient (Wildman–Crippen LogP) is 3.72. The Morgan fingerprint density at radius 2 is 1.62 bits per heavy atom. The molecule has 4 nitrogen and oxygen atoms in total. The fourth-order valence-corrected chi connectivity index (χ4v) is 4.15. The second-order valence-electron chi connectivity index (χ2n) is 6.20. The molecule has 0 unspecified atom stereocenters. The molecule has 1 aliphatic heterocycles. The summed E-state index contributed by atoms with van der Waals surface area (Å²) in [5.74, 6) is 2.04. The summed E-state index contributed by atoms with van der Waals surface area (Å²) in [6.07, 6.45) is 1.75. The van der Waals surface area contributed by atoms with Crippen LogP contribution in [0.4, 0.5) is 10.1 Å². The van der Waals surface area contributed by atoms with Crippen LogP contribution in [0.3, 0.4) is 0 Å². The molecule has 0 amide bonds. The van der Waals surface area contributed by atoms with E-state index in [-0.39, 0.29) is 12.4 Å². The van der Waals surface area contributed by atoms with Crippen LogP contribution in [0.25, 0.3) is 16.8 Å². The zero-order valence-corrected chi connectivity index (χ0v) is 15.1. The molecular formula is C20H20FN3OS. The Hall–Kier alpha value is -2.31. The fourth-order valence-electron chi connectivity index (χ4n) is 3.25. The number of thioether (sulfide) groups is 1. The van der Waals surface area contributed by atoms with E-state index in [4.69, 9.17) is 0 Å². The summed E-state index contributed by atoms with van der Waals surface area (Å²) in [6, 6.07) is 14.5. The van der Waals surface area contributed by atoms with Crippen molar-refractivity contribution < 1.29 is 9.50 Å². The van der Waals surface area contributed by atoms with Crippen LogP contribution in [0.15, 0.2) is 54.7 Å². The van der Waals surface area contributed by atoms with Crippen molar-refractivity contribution in [1.29, 1.82) is 0 Å². The minimum atomic E-state index is -0.293. The van der Waals surface area contributed by atoms with Crippen LogP contribution >= 0.6 is 11.8 Å². The van der Waals surface area contributed by atoms with Gasteiger partial charge in [-0.25, -0.2) is 9.07 Å². The summed E-state index contributed by atoms with van der Waals surface area (Å²) < 4.78 is 14.8. The van der Waals surface area contributed by atoms with Crippen LogP contribution < -0.4 is 4.90 Å². The number of halogens is 1. The molecule has 4 rings (SSSR count). The number of aliphatic hydroxyl groups is 1. The van der Waals surface area contributed by atoms with Gasteiger partial charge in [-0.3, -0.25) is 0 Å². The molecule has 0 spiro atoms. The van der Waals surface area contributed by atoms with Gasteiger partial charge in [0.15, 0.2) is 0 Å². The number of benzene rings is 2. The minimum absolute atomic E-state index is 0.141. The lowest BCUT2D eigenvalue weighted by atomic mass is 10.1. The van der Waals surface area contributed by atoms with Gasteiger partial charge in [0, 0.05) is 35.8 Å². The van der Waals surface area contributed by atoms with Crippen molar-refractivity contribution in [2.75, 3.05) is 29.5 Å². The summed E-state index contributed by atoms with van der Waals surface area (Å²) in [4.78, 5) is 2.40. The van der Waals surface area contributed by atoms with E-state index in [2.05, 4.69) is 34.3 Å². The summed E-state index contributed by atoms with van der Waals surface area (Å²) in [6.45, 7) is 2.01. The van der Waals surface area contributed by atoms with Crippen molar-refractivity contribution in [3.63, 3.8) is 0 Å². The first-order chi connectivity index (χ1) is 12.8. The van der Waals surface area contributed by atoms with Crippen molar-refractivity contribution in [3.05, 3.63) is 66.2 Å². The first kappa shape index (κ1) is 17.1. The average molecular weight is 369 g/mol. The van der Waals surface area contributed by atoms with Gasteiger partial charge >= 0.3 is 0 Å². The van der Waals surface area contributed by atoms with E-state index in [0.29, 0.717) is 5.69 Å². The number of aliphatic hydroxyl groups excluding tert-OH is 1. The SMILES string of the molecule is OCc1c(-c2ccc(N3CCSCC3)cc2)cnn1-c1ccc(F)cc1. The normalized spacial score (nSPS) is 14.6. The highest BCUT2D eigenvalue weighted by molar-refractivity contribution is 7.99. The first-order valence-electron chi connectivity index (χ1n) is 8.63. The Morgan fingerprint density at radius 1 is 0.962 bits per heavy atom. The number of aromatic nitrogens is 2. The number of anilines is 1. The van der Waals surface area contributed by atoms with Crippen molar-refractivity contribution >= 4 is 17.4 Å². The van der Waals surface area contributed by atoms with E-state index in [1.165, 1.54) is 29.3 Å². The van der Waals surface area contributed by atoms with Gasteiger partial charge in [-0.2, -0.15) is 16.9 Å². The van der Waals surface area contributed by atoms with E-state index in [9.17, 15) is 9.50 Å². The third-order valence-corrected chi connectivity index (χ3v) is 5.59. The molecule has 0 saturated carbocycles. The number of nitrogens with zero attached hydrogens (tertiary/aromatic N) is 3. The summed E-state index contributed by atoms with van der Waals surface area (Å²) in [5.41, 5.74) is 4.54. The van der Waals surface area contributed by atoms with E-state index in [0.717, 1.165) is 29.9 Å². The number of hydrogen-bond acceptors (Lipinski definition) is 4. The third kappa shape index (κ3) is 3.34. The predicted molar refractivity (Wildman–Crippen MR) is 104 cm³/mol. The van der Waals surface area contributed by atoms with Gasteiger partial charge in [0.25, 0.3) is 0 Å². The molecule has 134 valence electrons. The van der Waals surface area contributed by atoms with Gasteiger partial charge in [-0.1, -0.05) is 12.1 Å². The maximum absolute atomic E-state index is 13.2. The zero-order chi connectivity index (χ0) is 17.9. The van der Waals surface area contributed by atoms with Gasteiger partial charge in [-0.05, 0) is 42.0 Å². The second kappa shape index (κ2) is 7.51. The average Bonchev–Trinajstić information content (AvgIpc) is 3.13. The number of hydrogen-bond donors (Lipinski definition) is 1. The Morgan fingerprint density at radius 3 is 2.27 bits per heavy atom. The quantitative estimate of drug-likeness (QED) is 0.761. The zero-order valence-electron chi connectivity index (χ0n) is 14.3. The Labute approximate surface area is 156 Å². The maximum atomic E-state index is 13.2. The molecule has 1 saturated heterocycles. The van der Waals surface area contributed by atoms with Gasteiger partial charge in [0.1, 0.15) is 5.82 Å². The summed E-state index contributed by atoms with van der Waals surface area (Å²) >= 11 is 2.00. The molecular weight excluding hydrogens is 349 g/mol. The Kier molecular flexibility index (Phi) is 4.95. The van der Waals surface area contributed by atoms with Gasteiger partial charge in [0.05, 0.1) is 24.2 Å². The molecule has 1 aromatic heterocycles. The topological polar surface area (TPSA) is 41.3 Å². The molecule has 1 N–H and O–H groups in total. The van der Waals surface area contributed by atoms with Gasteiger partial charge in [0.2, 0.25) is 0 Å². The molecule has 0 bridgehead atoms. The lowest BCUT2D eigenvalue weighted by molar-refractivity contribution is 0.273. The molecule has 3 aromatic rings. The van der Waals surface area contributed by atoms with Crippen LogP contribution in [0, 0.1) is 5.82 Å².